The first-order valence-electron chi connectivity index (χ1n) is 10.9. The summed E-state index contributed by atoms with van der Waals surface area (Å²) in [7, 11) is 1.37. The molecule has 2 aliphatic rings. The van der Waals surface area contributed by atoms with Gasteiger partial charge in [-0.3, -0.25) is 9.59 Å². The topological polar surface area (TPSA) is 84.9 Å². The van der Waals surface area contributed by atoms with E-state index < -0.39 is 17.7 Å². The highest BCUT2D eigenvalue weighted by Gasteiger charge is 2.67. The number of rotatable bonds is 9. The molecule has 0 aromatic carbocycles. The maximum atomic E-state index is 13.5. The zero-order valence-corrected chi connectivity index (χ0v) is 19.3. The second-order valence-electron chi connectivity index (χ2n) is 10.1. The lowest BCUT2D eigenvalue weighted by atomic mass is 9.97. The molecule has 2 fully saturated rings. The molecule has 0 spiro atoms. The van der Waals surface area contributed by atoms with Crippen molar-refractivity contribution in [2.24, 2.45) is 17.3 Å². The van der Waals surface area contributed by atoms with Crippen LogP contribution in [0.3, 0.4) is 0 Å². The second kappa shape index (κ2) is 9.40. The van der Waals surface area contributed by atoms with Gasteiger partial charge in [0.05, 0.1) is 13.5 Å². The van der Waals surface area contributed by atoms with E-state index in [0.717, 1.165) is 19.3 Å². The minimum Gasteiger partial charge on any atom is -0.469 e. The van der Waals surface area contributed by atoms with E-state index in [1.807, 2.05) is 6.08 Å². The molecule has 0 radical (unpaired) electrons. The van der Waals surface area contributed by atoms with Gasteiger partial charge in [0.15, 0.2) is 0 Å². The molecule has 170 valence electrons. The molecule has 0 bridgehead atoms. The van der Waals surface area contributed by atoms with E-state index in [9.17, 15) is 14.4 Å². The van der Waals surface area contributed by atoms with Gasteiger partial charge in [-0.2, -0.15) is 0 Å². The first-order chi connectivity index (χ1) is 13.9. The summed E-state index contributed by atoms with van der Waals surface area (Å²) >= 11 is 0. The van der Waals surface area contributed by atoms with Crippen molar-refractivity contribution in [2.45, 2.75) is 84.4 Å². The second-order valence-corrected chi connectivity index (χ2v) is 10.1. The highest BCUT2D eigenvalue weighted by atomic mass is 16.6. The number of carbonyl (C=O) groups is 3. The summed E-state index contributed by atoms with van der Waals surface area (Å²) in [4.78, 5) is 39.6. The number of allylic oxidation sites excluding steroid dienone is 1. The number of hydrogen-bond acceptors (Lipinski definition) is 5. The van der Waals surface area contributed by atoms with Crippen LogP contribution in [0.5, 0.6) is 0 Å². The van der Waals surface area contributed by atoms with Crippen molar-refractivity contribution in [1.82, 2.24) is 10.2 Å². The maximum absolute atomic E-state index is 13.5. The zero-order chi connectivity index (χ0) is 22.7. The fourth-order valence-corrected chi connectivity index (χ4v) is 4.73. The number of ether oxygens (including phenoxy) is 2. The number of carbonyl (C=O) groups excluding carboxylic acids is 3. The van der Waals surface area contributed by atoms with Crippen molar-refractivity contribution in [2.75, 3.05) is 13.7 Å². The average molecular weight is 423 g/mol. The normalized spacial score (nSPS) is 25.1. The van der Waals surface area contributed by atoms with Crippen molar-refractivity contribution in [3.63, 3.8) is 0 Å². The van der Waals surface area contributed by atoms with Crippen LogP contribution in [0, 0.1) is 17.3 Å². The molecule has 1 N–H and O–H groups in total. The fraction of sp³-hybridized carbons (Fsp3) is 0.783. The van der Waals surface area contributed by atoms with E-state index in [4.69, 9.17) is 9.47 Å². The molecule has 0 aromatic heterocycles. The number of nitrogens with one attached hydrogen (secondary N) is 1. The number of nitrogens with zero attached hydrogens (tertiary/aromatic N) is 1. The molecule has 1 saturated carbocycles. The lowest BCUT2D eigenvalue weighted by molar-refractivity contribution is -0.144. The van der Waals surface area contributed by atoms with Crippen LogP contribution in [-0.4, -0.2) is 54.2 Å². The molecule has 1 saturated heterocycles. The molecule has 2 rings (SSSR count). The highest BCUT2D eigenvalue weighted by Crippen LogP contribution is 2.65. The van der Waals surface area contributed by atoms with E-state index in [2.05, 4.69) is 25.7 Å². The summed E-state index contributed by atoms with van der Waals surface area (Å²) in [5.74, 6) is 0.197. The summed E-state index contributed by atoms with van der Waals surface area (Å²) in [6.07, 6.45) is 4.49. The number of piperidine rings is 1. The summed E-state index contributed by atoms with van der Waals surface area (Å²) in [6, 6.07) is -0.869. The van der Waals surface area contributed by atoms with Crippen molar-refractivity contribution >= 4 is 18.0 Å². The van der Waals surface area contributed by atoms with E-state index in [-0.39, 0.29) is 35.7 Å². The summed E-state index contributed by atoms with van der Waals surface area (Å²) < 4.78 is 10.2. The average Bonchev–Trinajstić information content (AvgIpc) is 2.97. The van der Waals surface area contributed by atoms with Crippen LogP contribution in [0.1, 0.15) is 66.7 Å². The Morgan fingerprint density at radius 2 is 1.93 bits per heavy atom. The Hall–Kier alpha value is -2.05. The van der Waals surface area contributed by atoms with Gasteiger partial charge in [0.1, 0.15) is 11.6 Å². The smallest absolute Gasteiger partial charge is 0.408 e. The number of hydrogen-bond donors (Lipinski definition) is 1. The van der Waals surface area contributed by atoms with Crippen LogP contribution in [0.4, 0.5) is 4.79 Å². The van der Waals surface area contributed by atoms with Crippen LogP contribution in [0.25, 0.3) is 0 Å². The third kappa shape index (κ3) is 5.76. The molecule has 30 heavy (non-hydrogen) atoms. The number of likely N-dealkylation sites (tertiary alicyclic amines) is 1. The van der Waals surface area contributed by atoms with Gasteiger partial charge in [-0.25, -0.2) is 4.79 Å². The number of methoxy groups -OCH3 is 1. The minimum absolute atomic E-state index is 0.119. The third-order valence-electron chi connectivity index (χ3n) is 6.37. The van der Waals surface area contributed by atoms with Crippen molar-refractivity contribution in [3.05, 3.63) is 12.7 Å². The largest absolute Gasteiger partial charge is 0.469 e. The van der Waals surface area contributed by atoms with Gasteiger partial charge < -0.3 is 19.7 Å². The molecule has 2 amide bonds. The molecule has 4 atom stereocenters. The number of esters is 1. The molecule has 0 aromatic rings. The molecule has 1 heterocycles. The number of alkyl carbamates (subject to hydrolysis) is 1. The highest BCUT2D eigenvalue weighted by molar-refractivity contribution is 5.87. The SMILES string of the molecule is C=CCCCC[C@H](NC(=O)OC(C)(C)C)C(=O)N1CC2C(C1CC(=O)OC)C2(C)C. The standard InChI is InChI=1S/C23H38N2O5/c1-8-9-10-11-12-16(24-21(28)30-22(2,3)4)20(27)25-14-15-19(23(15,5)6)17(25)13-18(26)29-7/h8,15-17,19H,1,9-14H2,2-7H3,(H,24,28)/t15?,16-,17?,19?/m0/s1. The van der Waals surface area contributed by atoms with Crippen LogP contribution in [-0.2, 0) is 19.1 Å². The van der Waals surface area contributed by atoms with E-state index >= 15 is 0 Å². The zero-order valence-electron chi connectivity index (χ0n) is 19.3. The van der Waals surface area contributed by atoms with E-state index in [0.29, 0.717) is 18.9 Å². The molecular weight excluding hydrogens is 384 g/mol. The molecular formula is C23H38N2O5. The lowest BCUT2D eigenvalue weighted by Crippen LogP contribution is -2.53. The summed E-state index contributed by atoms with van der Waals surface area (Å²) in [5, 5.41) is 2.77. The first kappa shape index (κ1) is 24.2. The number of fused-ring (bicyclic) bond motifs is 1. The Balaban J connectivity index is 2.12. The van der Waals surface area contributed by atoms with Crippen LogP contribution in [0.2, 0.25) is 0 Å². The van der Waals surface area contributed by atoms with Crippen LogP contribution in [0.15, 0.2) is 12.7 Å². The fourth-order valence-electron chi connectivity index (χ4n) is 4.73. The molecule has 3 unspecified atom stereocenters. The van der Waals surface area contributed by atoms with E-state index in [1.54, 1.807) is 25.7 Å². The maximum Gasteiger partial charge on any atom is 0.408 e. The van der Waals surface area contributed by atoms with Gasteiger partial charge in [-0.1, -0.05) is 26.3 Å². The number of unbranched alkanes of at least 4 members (excludes halogenated alkanes) is 2. The Bertz CT molecular complexity index is 667. The van der Waals surface area contributed by atoms with Gasteiger partial charge in [-0.15, -0.1) is 6.58 Å². The van der Waals surface area contributed by atoms with Gasteiger partial charge in [0, 0.05) is 12.6 Å². The summed E-state index contributed by atoms with van der Waals surface area (Å²) in [5.41, 5.74) is -0.527. The van der Waals surface area contributed by atoms with Crippen LogP contribution < -0.4 is 5.32 Å². The van der Waals surface area contributed by atoms with Crippen molar-refractivity contribution in [3.8, 4) is 0 Å². The third-order valence-corrected chi connectivity index (χ3v) is 6.37. The molecule has 7 nitrogen and oxygen atoms in total. The first-order valence-corrected chi connectivity index (χ1v) is 10.9. The minimum atomic E-state index is -0.676. The van der Waals surface area contributed by atoms with Crippen molar-refractivity contribution in [1.29, 1.82) is 0 Å². The Kier molecular flexibility index (Phi) is 7.59. The Morgan fingerprint density at radius 1 is 1.27 bits per heavy atom. The van der Waals surface area contributed by atoms with E-state index in [1.165, 1.54) is 7.11 Å². The van der Waals surface area contributed by atoms with Gasteiger partial charge in [0.25, 0.3) is 0 Å². The monoisotopic (exact) mass is 422 g/mol. The number of amides is 2. The summed E-state index contributed by atoms with van der Waals surface area (Å²) in [6.45, 7) is 14.1. The van der Waals surface area contributed by atoms with Gasteiger partial charge >= 0.3 is 12.1 Å². The predicted octanol–water partition coefficient (Wildman–Crippen LogP) is 3.67. The van der Waals surface area contributed by atoms with Gasteiger partial charge in [-0.05, 0) is 57.3 Å². The molecule has 7 heteroatoms. The lowest BCUT2D eigenvalue weighted by Gasteiger charge is -2.33. The van der Waals surface area contributed by atoms with Gasteiger partial charge in [0.2, 0.25) is 5.91 Å². The predicted molar refractivity (Wildman–Crippen MR) is 115 cm³/mol. The molecule has 1 aliphatic carbocycles. The van der Waals surface area contributed by atoms with Crippen LogP contribution >= 0.6 is 0 Å². The molecule has 1 aliphatic heterocycles. The Labute approximate surface area is 180 Å². The Morgan fingerprint density at radius 3 is 2.50 bits per heavy atom. The quantitative estimate of drug-likeness (QED) is 0.348. The van der Waals surface area contributed by atoms with Crippen molar-refractivity contribution < 1.29 is 23.9 Å².